The lowest BCUT2D eigenvalue weighted by Crippen LogP contribution is -2.25. The highest BCUT2D eigenvalue weighted by Crippen LogP contribution is 2.27. The van der Waals surface area contributed by atoms with E-state index in [1.165, 1.54) is 17.2 Å². The molecule has 2 aromatic rings. The van der Waals surface area contributed by atoms with Crippen molar-refractivity contribution in [2.24, 2.45) is 10.2 Å². The Hall–Kier alpha value is -2.82. The molecule has 0 fully saturated rings. The number of rotatable bonds is 2. The molecule has 0 saturated heterocycles. The molecule has 2 aromatic carbocycles. The fourth-order valence-corrected chi connectivity index (χ4v) is 2.18. The van der Waals surface area contributed by atoms with Crippen LogP contribution in [0.1, 0.15) is 11.1 Å². The number of hydrogen-bond donors (Lipinski definition) is 0. The lowest BCUT2D eigenvalue weighted by Gasteiger charge is -2.07. The molecule has 104 valence electrons. The van der Waals surface area contributed by atoms with Crippen molar-refractivity contribution in [1.29, 1.82) is 0 Å². The predicted octanol–water partition coefficient (Wildman–Crippen LogP) is 2.63. The summed E-state index contributed by atoms with van der Waals surface area (Å²) in [7, 11) is 1.68. The predicted molar refractivity (Wildman–Crippen MR) is 80.4 cm³/mol. The number of para-hydroxylation sites is 1. The van der Waals surface area contributed by atoms with Crippen LogP contribution in [0.25, 0.3) is 0 Å². The van der Waals surface area contributed by atoms with Crippen LogP contribution in [0.3, 0.4) is 0 Å². The van der Waals surface area contributed by atoms with Crippen LogP contribution in [-0.2, 0) is 4.79 Å². The van der Waals surface area contributed by atoms with Crippen LogP contribution in [0.5, 0.6) is 0 Å². The van der Waals surface area contributed by atoms with Gasteiger partial charge in [0.1, 0.15) is 5.82 Å². The summed E-state index contributed by atoms with van der Waals surface area (Å²) in [4.78, 5) is 13.6. The quantitative estimate of drug-likeness (QED) is 0.616. The van der Waals surface area contributed by atoms with Crippen LogP contribution in [0.2, 0.25) is 0 Å². The topological polar surface area (TPSA) is 45.0 Å². The highest BCUT2D eigenvalue weighted by Gasteiger charge is 2.30. The molecule has 0 radical (unpaired) electrons. The molecule has 1 amide bonds. The summed E-state index contributed by atoms with van der Waals surface area (Å²) in [6, 6.07) is 13.6. The Labute approximate surface area is 121 Å². The van der Waals surface area contributed by atoms with Crippen molar-refractivity contribution in [1.82, 2.24) is 0 Å². The van der Waals surface area contributed by atoms with Gasteiger partial charge in [-0.15, -0.1) is 5.10 Å². The standard InChI is InChI=1S/C16H12FN3O/c1-20-14-9-5-3-7-12(14)15(16(20)21)19-18-10-11-6-2-4-8-13(11)17/h2-10H,1H3/b18-10-,19-15+. The van der Waals surface area contributed by atoms with Gasteiger partial charge in [-0.25, -0.2) is 4.39 Å². The van der Waals surface area contributed by atoms with E-state index in [0.717, 1.165) is 11.3 Å². The van der Waals surface area contributed by atoms with E-state index >= 15 is 0 Å². The fraction of sp³-hybridized carbons (Fsp3) is 0.0625. The van der Waals surface area contributed by atoms with Crippen molar-refractivity contribution in [3.63, 3.8) is 0 Å². The van der Waals surface area contributed by atoms with E-state index in [2.05, 4.69) is 10.2 Å². The van der Waals surface area contributed by atoms with Crippen molar-refractivity contribution in [2.75, 3.05) is 11.9 Å². The molecule has 0 saturated carbocycles. The summed E-state index contributed by atoms with van der Waals surface area (Å²) in [6.07, 6.45) is 1.30. The van der Waals surface area contributed by atoms with E-state index < -0.39 is 0 Å². The first-order valence-electron chi connectivity index (χ1n) is 6.41. The first-order chi connectivity index (χ1) is 10.2. The van der Waals surface area contributed by atoms with Gasteiger partial charge in [-0.3, -0.25) is 4.79 Å². The lowest BCUT2D eigenvalue weighted by molar-refractivity contribution is -0.111. The van der Waals surface area contributed by atoms with Crippen molar-refractivity contribution >= 4 is 23.5 Å². The average molecular weight is 281 g/mol. The molecule has 4 nitrogen and oxygen atoms in total. The second-order valence-electron chi connectivity index (χ2n) is 4.60. The summed E-state index contributed by atoms with van der Waals surface area (Å²) in [6.45, 7) is 0. The molecular weight excluding hydrogens is 269 g/mol. The van der Waals surface area contributed by atoms with Crippen LogP contribution in [-0.4, -0.2) is 24.9 Å². The molecule has 0 unspecified atom stereocenters. The Morgan fingerprint density at radius 2 is 1.81 bits per heavy atom. The van der Waals surface area contributed by atoms with Gasteiger partial charge in [0, 0.05) is 18.2 Å². The molecule has 3 rings (SSSR count). The minimum atomic E-state index is -0.378. The third-order valence-corrected chi connectivity index (χ3v) is 3.29. The Morgan fingerprint density at radius 1 is 1.10 bits per heavy atom. The van der Waals surface area contributed by atoms with E-state index in [1.54, 1.807) is 25.2 Å². The monoisotopic (exact) mass is 281 g/mol. The number of likely N-dealkylation sites (N-methyl/N-ethyl adjacent to an activating group) is 1. The van der Waals surface area contributed by atoms with E-state index in [9.17, 15) is 9.18 Å². The van der Waals surface area contributed by atoms with Crippen molar-refractivity contribution in [2.45, 2.75) is 0 Å². The van der Waals surface area contributed by atoms with Crippen LogP contribution in [0.4, 0.5) is 10.1 Å². The SMILES string of the molecule is CN1C(=O)/C(=N/N=C\c2ccccc2F)c2ccccc21. The number of carbonyl (C=O) groups excluding carboxylic acids is 1. The number of benzene rings is 2. The van der Waals surface area contributed by atoms with E-state index in [1.807, 2.05) is 24.3 Å². The Balaban J connectivity index is 1.94. The summed E-state index contributed by atoms with van der Waals surface area (Å²) in [5, 5.41) is 7.80. The first kappa shape index (κ1) is 13.2. The maximum Gasteiger partial charge on any atom is 0.279 e. The number of amides is 1. The van der Waals surface area contributed by atoms with Gasteiger partial charge in [0.05, 0.1) is 11.9 Å². The lowest BCUT2D eigenvalue weighted by atomic mass is 10.1. The van der Waals surface area contributed by atoms with Crippen LogP contribution in [0, 0.1) is 5.82 Å². The van der Waals surface area contributed by atoms with Crippen LogP contribution < -0.4 is 4.90 Å². The third-order valence-electron chi connectivity index (χ3n) is 3.29. The second-order valence-corrected chi connectivity index (χ2v) is 4.60. The summed E-state index contributed by atoms with van der Waals surface area (Å²) >= 11 is 0. The Morgan fingerprint density at radius 3 is 2.62 bits per heavy atom. The van der Waals surface area contributed by atoms with E-state index in [0.29, 0.717) is 5.56 Å². The van der Waals surface area contributed by atoms with Crippen LogP contribution in [0.15, 0.2) is 58.7 Å². The molecule has 0 aromatic heterocycles. The van der Waals surface area contributed by atoms with Gasteiger partial charge in [-0.05, 0) is 12.1 Å². The van der Waals surface area contributed by atoms with Gasteiger partial charge in [0.2, 0.25) is 0 Å². The smallest absolute Gasteiger partial charge is 0.279 e. The molecule has 1 heterocycles. The van der Waals surface area contributed by atoms with Gasteiger partial charge in [0.25, 0.3) is 5.91 Å². The normalized spacial score (nSPS) is 16.0. The zero-order valence-corrected chi connectivity index (χ0v) is 11.3. The summed E-state index contributed by atoms with van der Waals surface area (Å²) in [5.41, 5.74) is 2.12. The van der Waals surface area contributed by atoms with E-state index in [4.69, 9.17) is 0 Å². The number of nitrogens with zero attached hydrogens (tertiary/aromatic N) is 3. The first-order valence-corrected chi connectivity index (χ1v) is 6.41. The average Bonchev–Trinajstić information content (AvgIpc) is 2.74. The number of hydrogen-bond acceptors (Lipinski definition) is 3. The largest absolute Gasteiger partial charge is 0.309 e. The maximum absolute atomic E-state index is 13.5. The molecular formula is C16H12FN3O. The molecule has 1 aliphatic heterocycles. The molecule has 0 atom stereocenters. The van der Waals surface area contributed by atoms with Crippen molar-refractivity contribution < 1.29 is 9.18 Å². The molecule has 1 aliphatic rings. The zero-order chi connectivity index (χ0) is 14.8. The molecule has 5 heteroatoms. The summed E-state index contributed by atoms with van der Waals surface area (Å²) in [5.74, 6) is -0.599. The molecule has 0 bridgehead atoms. The maximum atomic E-state index is 13.5. The molecule has 0 spiro atoms. The minimum Gasteiger partial charge on any atom is -0.309 e. The number of fused-ring (bicyclic) bond motifs is 1. The van der Waals surface area contributed by atoms with Gasteiger partial charge in [-0.1, -0.05) is 36.4 Å². The van der Waals surface area contributed by atoms with Gasteiger partial charge < -0.3 is 4.90 Å². The Kier molecular flexibility index (Phi) is 3.31. The number of halogens is 1. The molecule has 0 aliphatic carbocycles. The molecule has 21 heavy (non-hydrogen) atoms. The highest BCUT2D eigenvalue weighted by atomic mass is 19.1. The van der Waals surface area contributed by atoms with Crippen LogP contribution >= 0.6 is 0 Å². The minimum absolute atomic E-state index is 0.220. The van der Waals surface area contributed by atoms with Crippen molar-refractivity contribution in [3.8, 4) is 0 Å². The van der Waals surface area contributed by atoms with Gasteiger partial charge in [0.15, 0.2) is 5.71 Å². The van der Waals surface area contributed by atoms with Gasteiger partial charge >= 0.3 is 0 Å². The third kappa shape index (κ3) is 2.33. The molecule has 0 N–H and O–H groups in total. The Bertz CT molecular complexity index is 768. The fourth-order valence-electron chi connectivity index (χ4n) is 2.18. The van der Waals surface area contributed by atoms with Gasteiger partial charge in [-0.2, -0.15) is 5.10 Å². The number of carbonyl (C=O) groups is 1. The van der Waals surface area contributed by atoms with Crippen molar-refractivity contribution in [3.05, 3.63) is 65.5 Å². The summed E-state index contributed by atoms with van der Waals surface area (Å²) < 4.78 is 13.5. The number of anilines is 1. The highest BCUT2D eigenvalue weighted by molar-refractivity contribution is 6.54. The van der Waals surface area contributed by atoms with E-state index in [-0.39, 0.29) is 17.4 Å². The second kappa shape index (κ2) is 5.28. The zero-order valence-electron chi connectivity index (χ0n) is 11.3.